The number of alkyl halides is 5. The van der Waals surface area contributed by atoms with Gasteiger partial charge in [-0.1, -0.05) is 40.9 Å². The van der Waals surface area contributed by atoms with Gasteiger partial charge in [-0.25, -0.2) is 8.78 Å². The second-order valence-corrected chi connectivity index (χ2v) is 12.3. The highest BCUT2D eigenvalue weighted by molar-refractivity contribution is 6.53. The summed E-state index contributed by atoms with van der Waals surface area (Å²) in [5.74, 6) is -6.85. The lowest BCUT2D eigenvalue weighted by atomic mass is 10.1. The Morgan fingerprint density at radius 1 is 0.955 bits per heavy atom. The van der Waals surface area contributed by atoms with Gasteiger partial charge in [-0.3, -0.25) is 19.1 Å². The molecule has 44 heavy (non-hydrogen) atoms. The number of carbonyl (C=O) groups is 3. The van der Waals surface area contributed by atoms with E-state index in [0.29, 0.717) is 10.6 Å². The van der Waals surface area contributed by atoms with E-state index in [1.807, 2.05) is 0 Å². The van der Waals surface area contributed by atoms with E-state index in [0.717, 1.165) is 24.1 Å². The van der Waals surface area contributed by atoms with E-state index in [1.165, 1.54) is 24.3 Å². The summed E-state index contributed by atoms with van der Waals surface area (Å²) in [4.78, 5) is 39.1. The maximum Gasteiger partial charge on any atom is 0.522 e. The number of anilines is 2. The number of halogens is 10. The van der Waals surface area contributed by atoms with E-state index in [2.05, 4.69) is 10.1 Å². The predicted octanol–water partition coefficient (Wildman–Crippen LogP) is 8.38. The Bertz CT molecular complexity index is 1650. The third-order valence-electron chi connectivity index (χ3n) is 6.71. The second-order valence-electron chi connectivity index (χ2n) is 9.66. The van der Waals surface area contributed by atoms with Crippen molar-refractivity contribution in [2.24, 2.45) is 5.92 Å². The number of carbonyl (C=O) groups excluding carboxylic acids is 3. The number of rotatable bonds is 9. The van der Waals surface area contributed by atoms with Gasteiger partial charge in [-0.15, -0.1) is 36.4 Å². The van der Waals surface area contributed by atoms with E-state index >= 15 is 4.39 Å². The molecule has 0 bridgehead atoms. The first-order valence-corrected chi connectivity index (χ1v) is 14.2. The van der Waals surface area contributed by atoms with Gasteiger partial charge in [0.25, 0.3) is 5.91 Å². The number of ether oxygens (including phenoxy) is 1. The molecule has 0 aliphatic heterocycles. The standard InChI is InChI=1S/C28H18Cl5F5N2O4/c1-40(21-7-6-20(34)16(24(21)35)10-14(41)11-44-28(36,37)38)26(43)15-9-13(3-5-17(15)29)39-25(42)23-22(27(23,32)33)12-2-4-18(30)19(31)8-12/h2-9,22-23H,10-11H2,1H3,(H,39,42)/t22-,23+/m0/s1. The Balaban J connectivity index is 1.52. The smallest absolute Gasteiger partial charge is 0.326 e. The van der Waals surface area contributed by atoms with Gasteiger partial charge in [-0.05, 0) is 48.0 Å². The molecular weight excluding hydrogens is 701 g/mol. The fraction of sp³-hybridized carbons (Fsp3) is 0.250. The molecule has 0 heterocycles. The highest BCUT2D eigenvalue weighted by atomic mass is 35.5. The number of nitrogens with one attached hydrogen (secondary N) is 1. The summed E-state index contributed by atoms with van der Waals surface area (Å²) in [5, 5.41) is 3.07. The van der Waals surface area contributed by atoms with Crippen molar-refractivity contribution in [3.63, 3.8) is 0 Å². The van der Waals surface area contributed by atoms with Crippen molar-refractivity contribution in [1.82, 2.24) is 0 Å². The van der Waals surface area contributed by atoms with Gasteiger partial charge in [0, 0.05) is 30.6 Å². The van der Waals surface area contributed by atoms with Crippen LogP contribution < -0.4 is 10.2 Å². The van der Waals surface area contributed by atoms with E-state index in [1.54, 1.807) is 12.1 Å². The summed E-state index contributed by atoms with van der Waals surface area (Å²) in [5.41, 5.74) is -0.884. The summed E-state index contributed by atoms with van der Waals surface area (Å²) in [6.07, 6.45) is -6.18. The average Bonchev–Trinajstić information content (AvgIpc) is 3.53. The number of hydrogen-bond acceptors (Lipinski definition) is 4. The topological polar surface area (TPSA) is 75.7 Å². The van der Waals surface area contributed by atoms with E-state index in [-0.39, 0.29) is 21.3 Å². The lowest BCUT2D eigenvalue weighted by Gasteiger charge is -2.21. The largest absolute Gasteiger partial charge is 0.522 e. The van der Waals surface area contributed by atoms with Crippen LogP contribution in [0.15, 0.2) is 48.5 Å². The van der Waals surface area contributed by atoms with Crippen molar-refractivity contribution < 1.29 is 41.1 Å². The van der Waals surface area contributed by atoms with Crippen molar-refractivity contribution in [3.05, 3.63) is 91.9 Å². The molecule has 0 aromatic heterocycles. The van der Waals surface area contributed by atoms with Crippen molar-refractivity contribution in [2.75, 3.05) is 23.9 Å². The molecule has 2 amide bonds. The lowest BCUT2D eigenvalue weighted by Crippen LogP contribution is -2.28. The normalized spacial score (nSPS) is 17.2. The Labute approximate surface area is 271 Å². The van der Waals surface area contributed by atoms with Gasteiger partial charge in [0.2, 0.25) is 5.91 Å². The predicted molar refractivity (Wildman–Crippen MR) is 157 cm³/mol. The number of nitrogens with zero attached hydrogens (tertiary/aromatic N) is 1. The molecule has 1 N–H and O–H groups in total. The lowest BCUT2D eigenvalue weighted by molar-refractivity contribution is -0.320. The fourth-order valence-electron chi connectivity index (χ4n) is 4.47. The van der Waals surface area contributed by atoms with E-state index in [9.17, 15) is 31.9 Å². The Morgan fingerprint density at radius 3 is 2.25 bits per heavy atom. The third kappa shape index (κ3) is 7.41. The summed E-state index contributed by atoms with van der Waals surface area (Å²) in [6, 6.07) is 10.3. The molecule has 6 nitrogen and oxygen atoms in total. The van der Waals surface area contributed by atoms with Crippen LogP contribution in [0.5, 0.6) is 0 Å². The maximum absolute atomic E-state index is 15.3. The highest BCUT2D eigenvalue weighted by Gasteiger charge is 2.67. The van der Waals surface area contributed by atoms with Crippen LogP contribution in [0.25, 0.3) is 0 Å². The maximum atomic E-state index is 15.3. The Morgan fingerprint density at radius 2 is 1.61 bits per heavy atom. The number of Topliss-reactive ketones (excluding diaryl/α,β-unsaturated/α-hetero) is 1. The van der Waals surface area contributed by atoms with Gasteiger partial charge < -0.3 is 10.2 Å². The zero-order chi connectivity index (χ0) is 32.7. The van der Waals surface area contributed by atoms with Crippen LogP contribution in [0.1, 0.15) is 27.4 Å². The molecule has 0 unspecified atom stereocenters. The molecule has 0 radical (unpaired) electrons. The molecule has 1 aliphatic carbocycles. The summed E-state index contributed by atoms with van der Waals surface area (Å²) in [7, 11) is 1.12. The fourth-order valence-corrected chi connectivity index (χ4v) is 5.80. The van der Waals surface area contributed by atoms with Gasteiger partial charge >= 0.3 is 6.36 Å². The Hall–Kier alpha value is -2.67. The molecule has 1 fully saturated rings. The Kier molecular flexibility index (Phi) is 10.1. The quantitative estimate of drug-likeness (QED) is 0.178. The molecule has 3 aromatic rings. The molecule has 2 atom stereocenters. The van der Waals surface area contributed by atoms with Crippen LogP contribution in [-0.4, -0.2) is 41.9 Å². The van der Waals surface area contributed by atoms with Gasteiger partial charge in [0.05, 0.1) is 32.2 Å². The summed E-state index contributed by atoms with van der Waals surface area (Å²) < 4.78 is 68.2. The SMILES string of the molecule is CN(C(=O)c1cc(NC(=O)[C@H]2[C@H](c3ccc(Cl)c(Cl)c3)C2(Cl)Cl)ccc1Cl)c1ccc(F)c(CC(=O)COC(F)(F)F)c1F. The minimum atomic E-state index is -5.11. The zero-order valence-electron chi connectivity index (χ0n) is 22.0. The first kappa shape index (κ1) is 34.2. The molecule has 0 spiro atoms. The summed E-state index contributed by atoms with van der Waals surface area (Å²) in [6.45, 7) is -1.46. The molecule has 3 aromatic carbocycles. The van der Waals surface area contributed by atoms with Crippen LogP contribution in [0.4, 0.5) is 33.3 Å². The molecule has 4 rings (SSSR count). The first-order chi connectivity index (χ1) is 20.4. The monoisotopic (exact) mass is 716 g/mol. The molecule has 16 heteroatoms. The summed E-state index contributed by atoms with van der Waals surface area (Å²) >= 11 is 31.0. The van der Waals surface area contributed by atoms with Gasteiger partial charge in [-0.2, -0.15) is 0 Å². The molecule has 0 saturated heterocycles. The van der Waals surface area contributed by atoms with E-state index < -0.39 is 76.0 Å². The van der Waals surface area contributed by atoms with Crippen molar-refractivity contribution in [1.29, 1.82) is 0 Å². The van der Waals surface area contributed by atoms with E-state index in [4.69, 9.17) is 58.0 Å². The minimum absolute atomic E-state index is 0.0915. The number of amides is 2. The van der Waals surface area contributed by atoms with Crippen LogP contribution in [0.3, 0.4) is 0 Å². The molecule has 234 valence electrons. The van der Waals surface area contributed by atoms with Gasteiger partial charge in [0.1, 0.15) is 16.8 Å². The number of benzene rings is 3. The zero-order valence-corrected chi connectivity index (χ0v) is 25.8. The molecular formula is C28H18Cl5F5N2O4. The third-order valence-corrected chi connectivity index (χ3v) is 8.71. The number of ketones is 1. The minimum Gasteiger partial charge on any atom is -0.326 e. The van der Waals surface area contributed by atoms with Crippen LogP contribution in [0, 0.1) is 17.6 Å². The molecule has 1 aliphatic rings. The van der Waals surface area contributed by atoms with Crippen LogP contribution in [-0.2, 0) is 20.7 Å². The molecule has 1 saturated carbocycles. The highest BCUT2D eigenvalue weighted by Crippen LogP contribution is 2.65. The van der Waals surface area contributed by atoms with Gasteiger partial charge in [0.15, 0.2) is 11.6 Å². The second kappa shape index (κ2) is 13.0. The van der Waals surface area contributed by atoms with Crippen molar-refractivity contribution in [2.45, 2.75) is 23.0 Å². The average molecular weight is 719 g/mol. The van der Waals surface area contributed by atoms with Crippen LogP contribution in [0.2, 0.25) is 15.1 Å². The van der Waals surface area contributed by atoms with Crippen molar-refractivity contribution in [3.8, 4) is 0 Å². The number of hydrogen-bond donors (Lipinski definition) is 1. The van der Waals surface area contributed by atoms with Crippen LogP contribution >= 0.6 is 58.0 Å². The van der Waals surface area contributed by atoms with Crippen molar-refractivity contribution >= 4 is 87.0 Å². The first-order valence-electron chi connectivity index (χ1n) is 12.3.